The summed E-state index contributed by atoms with van der Waals surface area (Å²) < 4.78 is 22.4. The summed E-state index contributed by atoms with van der Waals surface area (Å²) in [5, 5.41) is 0. The predicted molar refractivity (Wildman–Crippen MR) is 156 cm³/mol. The smallest absolute Gasteiger partial charge is 0.778 e. The summed E-state index contributed by atoms with van der Waals surface area (Å²) in [5.74, 6) is 0.886. The average molecular weight is 567 g/mol. The van der Waals surface area contributed by atoms with Gasteiger partial charge in [0.2, 0.25) is 0 Å². The minimum atomic E-state index is -3.91. The molecule has 0 saturated carbocycles. The number of unbranched alkanes of at least 4 members (excludes halogenated alkanes) is 13. The first-order valence-electron chi connectivity index (χ1n) is 14.7. The average Bonchev–Trinajstić information content (AvgIpc) is 2.91. The van der Waals surface area contributed by atoms with E-state index in [0.29, 0.717) is 11.4 Å². The van der Waals surface area contributed by atoms with Crippen LogP contribution in [0, 0.1) is 0 Å². The van der Waals surface area contributed by atoms with Gasteiger partial charge in [-0.25, -0.2) is 0 Å². The number of benzene rings is 1. The Kier molecular flexibility index (Phi) is 20.9. The first-order valence-corrected chi connectivity index (χ1v) is 16.4. The molecule has 0 bridgehead atoms. The van der Waals surface area contributed by atoms with E-state index in [9.17, 15) is 9.46 Å². The second-order valence-corrected chi connectivity index (χ2v) is 11.8. The summed E-state index contributed by atoms with van der Waals surface area (Å²) in [6, 6.07) is 7.98. The van der Waals surface area contributed by atoms with E-state index in [0.717, 1.165) is 24.3 Å². The van der Waals surface area contributed by atoms with Crippen molar-refractivity contribution in [3.63, 3.8) is 0 Å². The number of hydrogen-bond donors (Lipinski definition) is 0. The van der Waals surface area contributed by atoms with Gasteiger partial charge in [0, 0.05) is 6.20 Å². The van der Waals surface area contributed by atoms with Gasteiger partial charge in [0.05, 0.1) is 37.0 Å². The zero-order chi connectivity index (χ0) is 27.3. The van der Waals surface area contributed by atoms with Gasteiger partial charge < -0.3 is 18.7 Å². The standard InChI is InChI=1S/C31H49N2O4P.Na/c1-3-5-6-7-8-9-10-11-12-13-14-15-16-17-24-36-31-22-19-28(20-23-31)18-21-29-25-33-30(26-32-29)27-38(34,35)37-4-2;/h18-23,25-26H,3-17,24,27H2,1-2H3,(H,34,35);/q;+1/p-1/b21-18+;. The number of aromatic nitrogens is 2. The summed E-state index contributed by atoms with van der Waals surface area (Å²) in [7, 11) is -3.91. The van der Waals surface area contributed by atoms with Crippen molar-refractivity contribution in [3.8, 4) is 5.75 Å². The van der Waals surface area contributed by atoms with E-state index in [1.165, 1.54) is 89.7 Å². The summed E-state index contributed by atoms with van der Waals surface area (Å²) >= 11 is 0. The molecule has 6 nitrogen and oxygen atoms in total. The minimum Gasteiger partial charge on any atom is -0.778 e. The van der Waals surface area contributed by atoms with E-state index < -0.39 is 7.60 Å². The van der Waals surface area contributed by atoms with Crippen LogP contribution in [-0.2, 0) is 15.3 Å². The maximum Gasteiger partial charge on any atom is 1.00 e. The van der Waals surface area contributed by atoms with Gasteiger partial charge >= 0.3 is 29.6 Å². The summed E-state index contributed by atoms with van der Waals surface area (Å²) in [6.45, 7) is 4.80. The van der Waals surface area contributed by atoms with Gasteiger partial charge in [0.1, 0.15) is 13.3 Å². The van der Waals surface area contributed by atoms with Crippen LogP contribution in [0.4, 0.5) is 0 Å². The van der Waals surface area contributed by atoms with E-state index in [2.05, 4.69) is 16.9 Å². The van der Waals surface area contributed by atoms with E-state index in [1.807, 2.05) is 36.4 Å². The Bertz CT molecular complexity index is 939. The fourth-order valence-electron chi connectivity index (χ4n) is 4.32. The fourth-order valence-corrected chi connectivity index (χ4v) is 5.36. The van der Waals surface area contributed by atoms with Crippen LogP contribution in [-0.4, -0.2) is 23.2 Å². The first kappa shape index (κ1) is 36.0. The van der Waals surface area contributed by atoms with Crippen LogP contribution in [0.15, 0.2) is 36.7 Å². The Morgan fingerprint density at radius 1 is 0.769 bits per heavy atom. The molecule has 1 aromatic carbocycles. The van der Waals surface area contributed by atoms with E-state index in [1.54, 1.807) is 13.1 Å². The minimum absolute atomic E-state index is 0. The van der Waals surface area contributed by atoms with Crippen molar-refractivity contribution >= 4 is 19.7 Å². The van der Waals surface area contributed by atoms with Crippen molar-refractivity contribution in [1.82, 2.24) is 9.97 Å². The normalized spacial score (nSPS) is 12.8. The maximum atomic E-state index is 11.7. The van der Waals surface area contributed by atoms with Crippen LogP contribution in [0.2, 0.25) is 0 Å². The van der Waals surface area contributed by atoms with E-state index in [4.69, 9.17) is 9.26 Å². The Hall–Kier alpha value is -1.01. The van der Waals surface area contributed by atoms with E-state index >= 15 is 0 Å². The second kappa shape index (κ2) is 22.7. The molecule has 0 N–H and O–H groups in total. The van der Waals surface area contributed by atoms with Gasteiger partial charge in [-0.15, -0.1) is 0 Å². The number of hydrogen-bond acceptors (Lipinski definition) is 6. The molecule has 39 heavy (non-hydrogen) atoms. The molecule has 0 aliphatic heterocycles. The summed E-state index contributed by atoms with van der Waals surface area (Å²) in [4.78, 5) is 20.2. The fraction of sp³-hybridized carbons (Fsp3) is 0.613. The van der Waals surface area contributed by atoms with Crippen LogP contribution in [0.5, 0.6) is 5.75 Å². The molecule has 0 radical (unpaired) electrons. The van der Waals surface area contributed by atoms with Gasteiger partial charge in [-0.05, 0) is 37.1 Å². The zero-order valence-electron chi connectivity index (χ0n) is 24.6. The van der Waals surface area contributed by atoms with E-state index in [-0.39, 0.29) is 42.3 Å². The molecule has 0 saturated heterocycles. The molecule has 0 fully saturated rings. The van der Waals surface area contributed by atoms with Crippen molar-refractivity contribution < 1.29 is 48.3 Å². The van der Waals surface area contributed by atoms with Crippen molar-refractivity contribution in [2.24, 2.45) is 0 Å². The molecule has 212 valence electrons. The number of nitrogens with zero attached hydrogens (tertiary/aromatic N) is 2. The first-order chi connectivity index (χ1) is 18.5. The third-order valence-corrected chi connectivity index (χ3v) is 7.86. The summed E-state index contributed by atoms with van der Waals surface area (Å²) in [5.41, 5.74) is 2.05. The van der Waals surface area contributed by atoms with Crippen LogP contribution in [0.25, 0.3) is 12.2 Å². The molecular formula is C31H48N2NaO4P. The second-order valence-electron chi connectivity index (χ2n) is 9.97. The zero-order valence-corrected chi connectivity index (χ0v) is 27.5. The molecule has 0 aliphatic rings. The SMILES string of the molecule is CCCCCCCCCCCCCCCCOc1ccc(/C=C/c2cnc(CP(=O)([O-])OCC)cn2)cc1.[Na+]. The van der Waals surface area contributed by atoms with Gasteiger partial charge in [-0.1, -0.05) is 109 Å². The Labute approximate surface area is 259 Å². The third kappa shape index (κ3) is 18.1. The van der Waals surface area contributed by atoms with Crippen molar-refractivity contribution in [1.29, 1.82) is 0 Å². The topological polar surface area (TPSA) is 84.4 Å². The third-order valence-electron chi connectivity index (χ3n) is 6.50. The largest absolute Gasteiger partial charge is 1.00 e. The van der Waals surface area contributed by atoms with Gasteiger partial charge in [-0.3, -0.25) is 9.97 Å². The molecule has 0 spiro atoms. The quantitative estimate of drug-likeness (QED) is 0.105. The molecule has 1 aromatic heterocycles. The van der Waals surface area contributed by atoms with Crippen LogP contribution < -0.4 is 39.2 Å². The molecule has 2 aromatic rings. The van der Waals surface area contributed by atoms with Gasteiger partial charge in [-0.2, -0.15) is 0 Å². The molecule has 1 atom stereocenters. The Balaban J connectivity index is 0.00000760. The number of rotatable bonds is 22. The van der Waals surface area contributed by atoms with Crippen molar-refractivity contribution in [2.45, 2.75) is 110 Å². The molecule has 2 rings (SSSR count). The predicted octanol–water partition coefficient (Wildman–Crippen LogP) is 5.60. The van der Waals surface area contributed by atoms with Crippen LogP contribution in [0.3, 0.4) is 0 Å². The Morgan fingerprint density at radius 3 is 1.85 bits per heavy atom. The van der Waals surface area contributed by atoms with Crippen LogP contribution >= 0.6 is 7.60 Å². The number of ether oxygens (including phenoxy) is 1. The molecule has 0 amide bonds. The maximum absolute atomic E-state index is 11.7. The summed E-state index contributed by atoms with van der Waals surface area (Å²) in [6.07, 6.45) is 25.6. The van der Waals surface area contributed by atoms with Gasteiger partial charge in [0.15, 0.2) is 0 Å². The molecule has 1 heterocycles. The Morgan fingerprint density at radius 2 is 1.33 bits per heavy atom. The van der Waals surface area contributed by atoms with Crippen molar-refractivity contribution in [2.75, 3.05) is 13.2 Å². The molecule has 1 unspecified atom stereocenters. The monoisotopic (exact) mass is 566 g/mol. The molecule has 8 heteroatoms. The molecular weight excluding hydrogens is 518 g/mol. The van der Waals surface area contributed by atoms with Crippen molar-refractivity contribution in [3.05, 3.63) is 53.6 Å². The molecule has 0 aliphatic carbocycles. The van der Waals surface area contributed by atoms with Gasteiger partial charge in [0.25, 0.3) is 0 Å². The van der Waals surface area contributed by atoms with Crippen LogP contribution in [0.1, 0.15) is 121 Å².